The summed E-state index contributed by atoms with van der Waals surface area (Å²) in [7, 11) is -0.626. The third kappa shape index (κ3) is 2.45. The van der Waals surface area contributed by atoms with Crippen molar-refractivity contribution in [1.82, 2.24) is 4.90 Å². The minimum atomic E-state index is -2.68. The molecule has 4 heteroatoms. The summed E-state index contributed by atoms with van der Waals surface area (Å²) in [6.45, 7) is 3.10. The number of hydrogen-bond acceptors (Lipinski definition) is 3. The van der Waals surface area contributed by atoms with Crippen LogP contribution >= 0.6 is 0 Å². The van der Waals surface area contributed by atoms with Gasteiger partial charge in [0.05, 0.1) is 11.5 Å². The fourth-order valence-corrected chi connectivity index (χ4v) is 3.04. The maximum atomic E-state index is 11.1. The Hall–Kier alpha value is -0.0900. The molecule has 3 nitrogen and oxygen atoms in total. The van der Waals surface area contributed by atoms with Crippen molar-refractivity contribution in [3.8, 4) is 0 Å². The van der Waals surface area contributed by atoms with Gasteiger partial charge in [0.15, 0.2) is 0 Å². The fourth-order valence-electron chi connectivity index (χ4n) is 1.58. The normalized spacial score (nSPS) is 24.6. The molecule has 0 aromatic carbocycles. The van der Waals surface area contributed by atoms with Gasteiger partial charge in [-0.3, -0.25) is 0 Å². The van der Waals surface area contributed by atoms with Gasteiger partial charge in [0, 0.05) is 6.04 Å². The van der Waals surface area contributed by atoms with Gasteiger partial charge < -0.3 is 4.90 Å². The van der Waals surface area contributed by atoms with Crippen LogP contribution in [-0.4, -0.2) is 44.5 Å². The monoisotopic (exact) mass is 191 g/mol. The molecular formula is C8H17NO2S. The lowest BCUT2D eigenvalue weighted by Gasteiger charge is -2.29. The molecule has 0 unspecified atom stereocenters. The minimum absolute atomic E-state index is 0.377. The van der Waals surface area contributed by atoms with Crippen molar-refractivity contribution in [2.75, 3.05) is 25.1 Å². The summed E-state index contributed by atoms with van der Waals surface area (Å²) in [6.07, 6.45) is 1.62. The predicted molar refractivity (Wildman–Crippen MR) is 50.0 cm³/mol. The standard InChI is InChI=1S/C8H17NO2S/c1-3-9(2)8-4-6-12(10,11)7-5-8/h8H,3-7H2,1-2H3. The second-order valence-electron chi connectivity index (χ2n) is 3.46. The molecule has 1 aliphatic rings. The quantitative estimate of drug-likeness (QED) is 0.638. The Morgan fingerprint density at radius 1 is 1.33 bits per heavy atom. The number of nitrogens with zero attached hydrogens (tertiary/aromatic N) is 1. The van der Waals surface area contributed by atoms with Gasteiger partial charge in [-0.2, -0.15) is 0 Å². The maximum absolute atomic E-state index is 11.1. The van der Waals surface area contributed by atoms with E-state index in [1.807, 2.05) is 0 Å². The highest BCUT2D eigenvalue weighted by atomic mass is 32.2. The molecule has 0 aromatic heterocycles. The van der Waals surface area contributed by atoms with E-state index in [2.05, 4.69) is 18.9 Å². The summed E-state index contributed by atoms with van der Waals surface area (Å²) in [5, 5.41) is 0. The van der Waals surface area contributed by atoms with Gasteiger partial charge in [-0.25, -0.2) is 8.42 Å². The van der Waals surface area contributed by atoms with Gasteiger partial charge in [0.1, 0.15) is 9.84 Å². The van der Waals surface area contributed by atoms with E-state index >= 15 is 0 Å². The van der Waals surface area contributed by atoms with Crippen molar-refractivity contribution in [1.29, 1.82) is 0 Å². The highest BCUT2D eigenvalue weighted by molar-refractivity contribution is 7.91. The molecule has 1 saturated heterocycles. The zero-order valence-corrected chi connectivity index (χ0v) is 8.60. The summed E-state index contributed by atoms with van der Waals surface area (Å²) in [5.74, 6) is 0.754. The van der Waals surface area contributed by atoms with Crippen molar-refractivity contribution in [2.45, 2.75) is 25.8 Å². The zero-order chi connectivity index (χ0) is 9.19. The van der Waals surface area contributed by atoms with Crippen molar-refractivity contribution in [3.63, 3.8) is 0 Å². The van der Waals surface area contributed by atoms with Crippen molar-refractivity contribution in [3.05, 3.63) is 0 Å². The second-order valence-corrected chi connectivity index (χ2v) is 5.76. The third-order valence-corrected chi connectivity index (χ3v) is 4.36. The molecule has 0 spiro atoms. The summed E-state index contributed by atoms with van der Waals surface area (Å²) in [4.78, 5) is 2.23. The Balaban J connectivity index is 2.46. The van der Waals surface area contributed by atoms with Crippen LogP contribution in [-0.2, 0) is 9.84 Å². The largest absolute Gasteiger partial charge is 0.304 e. The number of sulfone groups is 1. The first-order chi connectivity index (χ1) is 5.55. The average Bonchev–Trinajstić information content (AvgIpc) is 2.03. The van der Waals surface area contributed by atoms with Crippen LogP contribution in [0.2, 0.25) is 0 Å². The first-order valence-electron chi connectivity index (χ1n) is 4.46. The van der Waals surface area contributed by atoms with Crippen LogP contribution in [0.3, 0.4) is 0 Å². The molecule has 1 heterocycles. The molecule has 1 aliphatic heterocycles. The molecule has 0 bridgehead atoms. The van der Waals surface area contributed by atoms with E-state index in [1.54, 1.807) is 0 Å². The molecule has 0 aliphatic carbocycles. The van der Waals surface area contributed by atoms with E-state index in [0.717, 1.165) is 19.4 Å². The molecule has 1 rings (SSSR count). The topological polar surface area (TPSA) is 37.4 Å². The van der Waals surface area contributed by atoms with E-state index in [0.29, 0.717) is 17.5 Å². The summed E-state index contributed by atoms with van der Waals surface area (Å²) >= 11 is 0. The average molecular weight is 191 g/mol. The second kappa shape index (κ2) is 3.75. The van der Waals surface area contributed by atoms with E-state index in [4.69, 9.17) is 0 Å². The smallest absolute Gasteiger partial charge is 0.150 e. The molecule has 72 valence electrons. The molecule has 0 saturated carbocycles. The van der Waals surface area contributed by atoms with Crippen LogP contribution in [0.15, 0.2) is 0 Å². The lowest BCUT2D eigenvalue weighted by molar-refractivity contribution is 0.238. The van der Waals surface area contributed by atoms with Crippen molar-refractivity contribution >= 4 is 9.84 Å². The number of hydrogen-bond donors (Lipinski definition) is 0. The molecule has 0 amide bonds. The molecule has 0 N–H and O–H groups in total. The molecule has 0 radical (unpaired) electrons. The van der Waals surface area contributed by atoms with Crippen molar-refractivity contribution in [2.24, 2.45) is 0 Å². The Kier molecular flexibility index (Phi) is 3.12. The fraction of sp³-hybridized carbons (Fsp3) is 1.00. The van der Waals surface area contributed by atoms with E-state index in [1.165, 1.54) is 0 Å². The summed E-state index contributed by atoms with van der Waals surface area (Å²) in [5.41, 5.74) is 0. The Morgan fingerprint density at radius 3 is 2.25 bits per heavy atom. The zero-order valence-electron chi connectivity index (χ0n) is 7.78. The van der Waals surface area contributed by atoms with Crippen LogP contribution in [0.25, 0.3) is 0 Å². The SMILES string of the molecule is CCN(C)C1CCS(=O)(=O)CC1. The van der Waals surface area contributed by atoms with Crippen LogP contribution in [0.1, 0.15) is 19.8 Å². The first-order valence-corrected chi connectivity index (χ1v) is 6.28. The lowest BCUT2D eigenvalue weighted by atomic mass is 10.1. The molecule has 0 aromatic rings. The van der Waals surface area contributed by atoms with E-state index < -0.39 is 9.84 Å². The molecule has 0 atom stereocenters. The third-order valence-electron chi connectivity index (χ3n) is 2.65. The van der Waals surface area contributed by atoms with Gasteiger partial charge in [0.2, 0.25) is 0 Å². The van der Waals surface area contributed by atoms with Gasteiger partial charge >= 0.3 is 0 Å². The van der Waals surface area contributed by atoms with E-state index in [9.17, 15) is 8.42 Å². The molecular weight excluding hydrogens is 174 g/mol. The highest BCUT2D eigenvalue weighted by Crippen LogP contribution is 2.16. The van der Waals surface area contributed by atoms with E-state index in [-0.39, 0.29) is 0 Å². The lowest BCUT2D eigenvalue weighted by Crippen LogP contribution is -2.38. The Morgan fingerprint density at radius 2 is 1.83 bits per heavy atom. The van der Waals surface area contributed by atoms with Crippen LogP contribution in [0, 0.1) is 0 Å². The molecule has 12 heavy (non-hydrogen) atoms. The Bertz CT molecular complexity index is 221. The molecule has 1 fully saturated rings. The summed E-state index contributed by atoms with van der Waals surface area (Å²) in [6, 6.07) is 0.485. The highest BCUT2D eigenvalue weighted by Gasteiger charge is 2.25. The van der Waals surface area contributed by atoms with Crippen LogP contribution in [0.5, 0.6) is 0 Å². The minimum Gasteiger partial charge on any atom is -0.304 e. The predicted octanol–water partition coefficient (Wildman–Crippen LogP) is 0.515. The first kappa shape index (κ1) is 9.99. The van der Waals surface area contributed by atoms with Crippen molar-refractivity contribution < 1.29 is 8.42 Å². The number of rotatable bonds is 2. The van der Waals surface area contributed by atoms with Gasteiger partial charge in [-0.05, 0) is 26.4 Å². The Labute approximate surface area is 74.7 Å². The van der Waals surface area contributed by atoms with Crippen LogP contribution < -0.4 is 0 Å². The van der Waals surface area contributed by atoms with Gasteiger partial charge in [-0.1, -0.05) is 6.92 Å². The van der Waals surface area contributed by atoms with Gasteiger partial charge in [0.25, 0.3) is 0 Å². The van der Waals surface area contributed by atoms with Crippen LogP contribution in [0.4, 0.5) is 0 Å². The summed E-state index contributed by atoms with van der Waals surface area (Å²) < 4.78 is 22.2. The maximum Gasteiger partial charge on any atom is 0.150 e. The van der Waals surface area contributed by atoms with Gasteiger partial charge in [-0.15, -0.1) is 0 Å².